The molecular formula is C16H14ClF2N5O2. The molecule has 2 amide bonds. The van der Waals surface area contributed by atoms with E-state index in [-0.39, 0.29) is 11.1 Å². The molecule has 0 saturated heterocycles. The van der Waals surface area contributed by atoms with Gasteiger partial charge in [0.15, 0.2) is 0 Å². The number of alkyl halides is 2. The van der Waals surface area contributed by atoms with Crippen LogP contribution in [0.25, 0.3) is 0 Å². The number of hydrogen-bond donors (Lipinski definition) is 3. The second kappa shape index (κ2) is 7.20. The Bertz CT molecular complexity index is 828. The summed E-state index contributed by atoms with van der Waals surface area (Å²) in [5.74, 6) is -2.09. The number of carbonyl (C=O) groups excluding carboxylic acids is 2. The lowest BCUT2D eigenvalue weighted by atomic mass is 10.1. The van der Waals surface area contributed by atoms with E-state index in [9.17, 15) is 18.4 Å². The van der Waals surface area contributed by atoms with Gasteiger partial charge in [-0.05, 0) is 30.5 Å². The van der Waals surface area contributed by atoms with Gasteiger partial charge in [0.1, 0.15) is 0 Å². The zero-order valence-corrected chi connectivity index (χ0v) is 14.1. The molecule has 136 valence electrons. The average molecular weight is 382 g/mol. The van der Waals surface area contributed by atoms with Gasteiger partial charge in [-0.2, -0.15) is 8.78 Å². The summed E-state index contributed by atoms with van der Waals surface area (Å²) in [7, 11) is 0. The third kappa shape index (κ3) is 4.05. The van der Waals surface area contributed by atoms with Crippen LogP contribution in [0.3, 0.4) is 0 Å². The Morgan fingerprint density at radius 2 is 1.85 bits per heavy atom. The number of benzene rings is 1. The fourth-order valence-corrected chi connectivity index (χ4v) is 2.56. The van der Waals surface area contributed by atoms with Crippen LogP contribution in [0.2, 0.25) is 5.02 Å². The second-order valence-electron chi connectivity index (χ2n) is 5.76. The molecule has 10 heteroatoms. The fraction of sp³-hybridized carbons (Fsp3) is 0.250. The summed E-state index contributed by atoms with van der Waals surface area (Å²) >= 11 is 6.03. The molecule has 26 heavy (non-hydrogen) atoms. The van der Waals surface area contributed by atoms with E-state index >= 15 is 0 Å². The van der Waals surface area contributed by atoms with Crippen molar-refractivity contribution in [3.05, 3.63) is 52.8 Å². The first-order valence-corrected chi connectivity index (χ1v) is 8.02. The Labute approximate surface area is 152 Å². The lowest BCUT2D eigenvalue weighted by molar-refractivity contribution is -0.132. The monoisotopic (exact) mass is 381 g/mol. The van der Waals surface area contributed by atoms with E-state index in [0.29, 0.717) is 11.0 Å². The van der Waals surface area contributed by atoms with Gasteiger partial charge < -0.3 is 5.32 Å². The first kappa shape index (κ1) is 18.0. The molecule has 1 saturated carbocycles. The number of nitrogens with zero attached hydrogens (tertiary/aromatic N) is 2. The van der Waals surface area contributed by atoms with Crippen LogP contribution in [-0.4, -0.2) is 28.2 Å². The Morgan fingerprint density at radius 1 is 1.15 bits per heavy atom. The van der Waals surface area contributed by atoms with Gasteiger partial charge in [-0.1, -0.05) is 23.7 Å². The summed E-state index contributed by atoms with van der Waals surface area (Å²) in [6.07, 6.45) is 1.01. The van der Waals surface area contributed by atoms with E-state index in [1.807, 2.05) is 23.6 Å². The zero-order chi connectivity index (χ0) is 18.7. The molecule has 1 heterocycles. The predicted molar refractivity (Wildman–Crippen MR) is 89.6 cm³/mol. The summed E-state index contributed by atoms with van der Waals surface area (Å²) in [6, 6.07) is 7.48. The van der Waals surface area contributed by atoms with Gasteiger partial charge in [-0.15, -0.1) is 0 Å². The Morgan fingerprint density at radius 3 is 2.42 bits per heavy atom. The topological polar surface area (TPSA) is 96.0 Å². The summed E-state index contributed by atoms with van der Waals surface area (Å²) in [6.45, 7) is 0. The van der Waals surface area contributed by atoms with E-state index in [4.69, 9.17) is 11.6 Å². The lowest BCUT2D eigenvalue weighted by Crippen LogP contribution is -2.44. The number of halogens is 3. The molecule has 1 aromatic heterocycles. The molecule has 0 bridgehead atoms. The summed E-state index contributed by atoms with van der Waals surface area (Å²) in [5, 5.41) is 3.86. The van der Waals surface area contributed by atoms with Gasteiger partial charge in [0, 0.05) is 17.4 Å². The molecule has 1 aliphatic rings. The first-order chi connectivity index (χ1) is 12.4. The van der Waals surface area contributed by atoms with Crippen molar-refractivity contribution in [1.29, 1.82) is 0 Å². The number of hydrogen-bond acceptors (Lipinski definition) is 5. The molecule has 0 aliphatic heterocycles. The summed E-state index contributed by atoms with van der Waals surface area (Å²) in [5.41, 5.74) is 4.20. The molecule has 0 unspecified atom stereocenters. The fourth-order valence-electron chi connectivity index (χ4n) is 2.37. The van der Waals surface area contributed by atoms with Gasteiger partial charge in [-0.25, -0.2) is 9.97 Å². The molecular weight excluding hydrogens is 368 g/mol. The smallest absolute Gasteiger partial charge is 0.317 e. The first-order valence-electron chi connectivity index (χ1n) is 7.64. The van der Waals surface area contributed by atoms with Gasteiger partial charge >= 0.3 is 12.3 Å². The van der Waals surface area contributed by atoms with E-state index in [1.54, 1.807) is 11.5 Å². The number of rotatable bonds is 5. The average Bonchev–Trinajstić information content (AvgIpc) is 3.40. The number of amides is 2. The normalized spacial score (nSPS) is 14.6. The van der Waals surface area contributed by atoms with Crippen molar-refractivity contribution >= 4 is 29.4 Å². The van der Waals surface area contributed by atoms with E-state index in [1.165, 1.54) is 12.4 Å². The van der Waals surface area contributed by atoms with Crippen LogP contribution < -0.4 is 16.2 Å². The maximum absolute atomic E-state index is 12.1. The SMILES string of the molecule is O=C(NNC(=O)C(F)F)c1cnc(NC2(c3cccc(Cl)c3)CC2)nc1. The molecule has 0 atom stereocenters. The van der Waals surface area contributed by atoms with Crippen molar-refractivity contribution < 1.29 is 18.4 Å². The van der Waals surface area contributed by atoms with Crippen LogP contribution in [0.5, 0.6) is 0 Å². The Balaban J connectivity index is 1.63. The highest BCUT2D eigenvalue weighted by Crippen LogP contribution is 2.48. The predicted octanol–water partition coefficient (Wildman–Crippen LogP) is 2.26. The van der Waals surface area contributed by atoms with Crippen molar-refractivity contribution in [3.8, 4) is 0 Å². The Kier molecular flexibility index (Phi) is 4.99. The highest BCUT2D eigenvalue weighted by molar-refractivity contribution is 6.30. The third-order valence-corrected chi connectivity index (χ3v) is 4.12. The molecule has 3 N–H and O–H groups in total. The van der Waals surface area contributed by atoms with Crippen molar-refractivity contribution in [3.63, 3.8) is 0 Å². The summed E-state index contributed by atoms with van der Waals surface area (Å²) < 4.78 is 24.1. The van der Waals surface area contributed by atoms with Crippen molar-refractivity contribution in [1.82, 2.24) is 20.8 Å². The highest BCUT2D eigenvalue weighted by atomic mass is 35.5. The molecule has 2 aromatic rings. The third-order valence-electron chi connectivity index (χ3n) is 3.89. The molecule has 1 aliphatic carbocycles. The maximum atomic E-state index is 12.1. The number of carbonyl (C=O) groups is 2. The van der Waals surface area contributed by atoms with Crippen LogP contribution in [0.15, 0.2) is 36.7 Å². The maximum Gasteiger partial charge on any atom is 0.317 e. The second-order valence-corrected chi connectivity index (χ2v) is 6.19. The summed E-state index contributed by atoms with van der Waals surface area (Å²) in [4.78, 5) is 30.6. The van der Waals surface area contributed by atoms with Crippen LogP contribution in [0.1, 0.15) is 28.8 Å². The van der Waals surface area contributed by atoms with E-state index < -0.39 is 18.2 Å². The van der Waals surface area contributed by atoms with Crippen LogP contribution in [-0.2, 0) is 10.3 Å². The van der Waals surface area contributed by atoms with Gasteiger partial charge in [0.2, 0.25) is 5.95 Å². The van der Waals surface area contributed by atoms with Gasteiger partial charge in [0.25, 0.3) is 5.91 Å². The number of hydrazine groups is 1. The molecule has 1 fully saturated rings. The minimum Gasteiger partial charge on any atom is -0.345 e. The van der Waals surface area contributed by atoms with Crippen LogP contribution in [0.4, 0.5) is 14.7 Å². The molecule has 1 aromatic carbocycles. The Hall–Kier alpha value is -2.81. The minimum atomic E-state index is -3.22. The molecule has 0 spiro atoms. The molecule has 0 radical (unpaired) electrons. The van der Waals surface area contributed by atoms with E-state index in [2.05, 4.69) is 15.3 Å². The lowest BCUT2D eigenvalue weighted by Gasteiger charge is -2.18. The number of aromatic nitrogens is 2. The van der Waals surface area contributed by atoms with Gasteiger partial charge in [0.05, 0.1) is 11.1 Å². The number of anilines is 1. The largest absolute Gasteiger partial charge is 0.345 e. The van der Waals surface area contributed by atoms with Crippen molar-refractivity contribution in [2.24, 2.45) is 0 Å². The molecule has 3 rings (SSSR count). The standard InChI is InChI=1S/C16H14ClF2N5O2/c17-11-3-1-2-10(6-11)16(4-5-16)22-15-20-7-9(8-21-15)13(25)23-24-14(26)12(18)19/h1-3,6-8,12H,4-5H2,(H,23,25)(H,24,26)(H,20,21,22). The van der Waals surface area contributed by atoms with Crippen LogP contribution >= 0.6 is 11.6 Å². The van der Waals surface area contributed by atoms with Crippen molar-refractivity contribution in [2.45, 2.75) is 24.8 Å². The van der Waals surface area contributed by atoms with E-state index in [0.717, 1.165) is 18.4 Å². The zero-order valence-electron chi connectivity index (χ0n) is 13.3. The van der Waals surface area contributed by atoms with Gasteiger partial charge in [-0.3, -0.25) is 20.4 Å². The van der Waals surface area contributed by atoms with Crippen LogP contribution in [0, 0.1) is 0 Å². The highest BCUT2D eigenvalue weighted by Gasteiger charge is 2.45. The number of nitrogens with one attached hydrogen (secondary N) is 3. The molecule has 7 nitrogen and oxygen atoms in total. The minimum absolute atomic E-state index is 0.0118. The quantitative estimate of drug-likeness (QED) is 0.690. The van der Waals surface area contributed by atoms with Crippen molar-refractivity contribution in [2.75, 3.05) is 5.32 Å².